The summed E-state index contributed by atoms with van der Waals surface area (Å²) in [5.74, 6) is -0.532. The number of benzene rings is 2. The van der Waals surface area contributed by atoms with E-state index in [0.717, 1.165) is 11.1 Å². The van der Waals surface area contributed by atoms with Gasteiger partial charge in [-0.05, 0) is 25.0 Å². The van der Waals surface area contributed by atoms with E-state index < -0.39 is 20.1 Å². The first kappa shape index (κ1) is 20.0. The third-order valence-corrected chi connectivity index (χ3v) is 8.88. The van der Waals surface area contributed by atoms with E-state index in [9.17, 15) is 9.59 Å². The number of carbonyl (C=O) groups is 2. The maximum absolute atomic E-state index is 13.3. The molecule has 4 nitrogen and oxygen atoms in total. The van der Waals surface area contributed by atoms with Crippen molar-refractivity contribution in [2.24, 2.45) is 0 Å². The molecule has 4 rings (SSSR count). The lowest BCUT2D eigenvalue weighted by atomic mass is 9.97. The van der Waals surface area contributed by atoms with E-state index in [2.05, 4.69) is 31.9 Å². The van der Waals surface area contributed by atoms with E-state index in [1.807, 2.05) is 74.5 Å². The zero-order valence-electron chi connectivity index (χ0n) is 15.3. The second kappa shape index (κ2) is 7.18. The standard InChI is InChI=1S/C21H19Br2NO3S/c1-20(2)16(24-18(26)21(22,23)19(24)28-20)17(25)27-15(13-9-5-3-6-10-13)14-11-7-4-8-12-14/h3-12,15-16,19H,1-2H3/t16-,19+/m0/s1. The SMILES string of the molecule is CC1(C)S[C@H]2N(C(=O)C2(Br)Br)[C@H]1C(=O)OC(c1ccccc1)c1ccccc1. The Hall–Kier alpha value is -1.31. The molecule has 0 saturated carbocycles. The first-order valence-corrected chi connectivity index (χ1v) is 11.4. The molecule has 2 aliphatic heterocycles. The zero-order chi connectivity index (χ0) is 20.1. The average molecular weight is 525 g/mol. The minimum atomic E-state index is -0.810. The Kier molecular flexibility index (Phi) is 5.13. The second-order valence-corrected chi connectivity index (χ2v) is 12.8. The molecule has 2 aliphatic rings. The molecule has 28 heavy (non-hydrogen) atoms. The molecule has 0 aliphatic carbocycles. The number of fused-ring (bicyclic) bond motifs is 1. The highest BCUT2D eigenvalue weighted by atomic mass is 79.9. The Morgan fingerprint density at radius 3 is 2.04 bits per heavy atom. The number of hydrogen-bond acceptors (Lipinski definition) is 4. The first-order chi connectivity index (χ1) is 13.2. The molecular formula is C21H19Br2NO3S. The van der Waals surface area contributed by atoms with Gasteiger partial charge in [0.25, 0.3) is 5.91 Å². The average Bonchev–Trinajstić information content (AvgIpc) is 2.97. The Bertz CT molecular complexity index is 865. The van der Waals surface area contributed by atoms with Crippen LogP contribution in [0.2, 0.25) is 0 Å². The van der Waals surface area contributed by atoms with Crippen LogP contribution < -0.4 is 0 Å². The number of halogens is 2. The zero-order valence-corrected chi connectivity index (χ0v) is 19.3. The molecule has 0 bridgehead atoms. The van der Waals surface area contributed by atoms with Gasteiger partial charge in [-0.15, -0.1) is 11.8 Å². The quantitative estimate of drug-likeness (QED) is 0.325. The van der Waals surface area contributed by atoms with Crippen LogP contribution in [-0.2, 0) is 14.3 Å². The van der Waals surface area contributed by atoms with Gasteiger partial charge in [0.15, 0.2) is 9.34 Å². The number of β-lactam (4-membered cyclic amide) rings is 1. The number of nitrogens with zero attached hydrogens (tertiary/aromatic N) is 1. The van der Waals surface area contributed by atoms with Crippen LogP contribution in [0.15, 0.2) is 60.7 Å². The topological polar surface area (TPSA) is 46.6 Å². The lowest BCUT2D eigenvalue weighted by Gasteiger charge is -2.46. The van der Waals surface area contributed by atoms with E-state index in [0.29, 0.717) is 0 Å². The van der Waals surface area contributed by atoms with Crippen LogP contribution in [0.1, 0.15) is 31.1 Å². The molecule has 146 valence electrons. The lowest BCUT2D eigenvalue weighted by Crippen LogP contribution is -2.68. The molecule has 0 spiro atoms. The predicted molar refractivity (Wildman–Crippen MR) is 117 cm³/mol. The summed E-state index contributed by atoms with van der Waals surface area (Å²) in [6.07, 6.45) is -0.524. The van der Waals surface area contributed by atoms with Crippen LogP contribution in [0.5, 0.6) is 0 Å². The molecule has 2 heterocycles. The van der Waals surface area contributed by atoms with Gasteiger partial charge in [0.1, 0.15) is 11.4 Å². The summed E-state index contributed by atoms with van der Waals surface area (Å²) in [5, 5.41) is -0.153. The minimum absolute atomic E-state index is 0.145. The van der Waals surface area contributed by atoms with Gasteiger partial charge in [0.05, 0.1) is 0 Å². The molecule has 0 aromatic heterocycles. The second-order valence-electron chi connectivity index (χ2n) is 7.45. The summed E-state index contributed by atoms with van der Waals surface area (Å²) in [5.41, 5.74) is 1.79. The van der Waals surface area contributed by atoms with Crippen molar-refractivity contribution in [3.63, 3.8) is 0 Å². The normalized spacial score (nSPS) is 24.6. The summed E-state index contributed by atoms with van der Waals surface area (Å²) in [6, 6.07) is 18.7. The van der Waals surface area contributed by atoms with E-state index in [4.69, 9.17) is 4.74 Å². The van der Waals surface area contributed by atoms with Gasteiger partial charge in [-0.2, -0.15) is 0 Å². The predicted octanol–water partition coefficient (Wildman–Crippen LogP) is 4.87. The highest BCUT2D eigenvalue weighted by molar-refractivity contribution is 9.26. The van der Waals surface area contributed by atoms with Crippen molar-refractivity contribution in [1.82, 2.24) is 4.90 Å². The smallest absolute Gasteiger partial charge is 0.331 e. The number of esters is 1. The number of amides is 1. The monoisotopic (exact) mass is 523 g/mol. The van der Waals surface area contributed by atoms with E-state index in [1.54, 1.807) is 16.7 Å². The van der Waals surface area contributed by atoms with Gasteiger partial charge < -0.3 is 9.64 Å². The van der Waals surface area contributed by atoms with Crippen LogP contribution in [0.25, 0.3) is 0 Å². The maximum Gasteiger partial charge on any atom is 0.331 e. The molecule has 0 unspecified atom stereocenters. The van der Waals surface area contributed by atoms with Crippen molar-refractivity contribution < 1.29 is 14.3 Å². The van der Waals surface area contributed by atoms with E-state index in [1.165, 1.54) is 0 Å². The fraction of sp³-hybridized carbons (Fsp3) is 0.333. The summed E-state index contributed by atoms with van der Waals surface area (Å²) >= 11 is 8.48. The number of rotatable bonds is 4. The summed E-state index contributed by atoms with van der Waals surface area (Å²) < 4.78 is 4.76. The van der Waals surface area contributed by atoms with Gasteiger partial charge in [0.2, 0.25) is 0 Å². The van der Waals surface area contributed by atoms with Crippen LogP contribution >= 0.6 is 43.6 Å². The lowest BCUT2D eigenvalue weighted by molar-refractivity contribution is -0.164. The van der Waals surface area contributed by atoms with Crippen molar-refractivity contribution in [3.8, 4) is 0 Å². The molecule has 0 N–H and O–H groups in total. The molecule has 0 radical (unpaired) electrons. The van der Waals surface area contributed by atoms with Gasteiger partial charge in [-0.3, -0.25) is 4.79 Å². The Morgan fingerprint density at radius 2 is 1.54 bits per heavy atom. The number of ether oxygens (including phenoxy) is 1. The number of alkyl halides is 2. The van der Waals surface area contributed by atoms with E-state index >= 15 is 0 Å². The minimum Gasteiger partial charge on any atom is -0.451 e. The van der Waals surface area contributed by atoms with Gasteiger partial charge in [-0.25, -0.2) is 4.79 Å². The third kappa shape index (κ3) is 3.21. The highest BCUT2D eigenvalue weighted by Crippen LogP contribution is 2.60. The van der Waals surface area contributed by atoms with Gasteiger partial charge in [-0.1, -0.05) is 92.5 Å². The fourth-order valence-electron chi connectivity index (χ4n) is 3.73. The number of thioether (sulfide) groups is 1. The van der Waals surface area contributed by atoms with Gasteiger partial charge in [0, 0.05) is 4.75 Å². The number of hydrogen-bond donors (Lipinski definition) is 0. The van der Waals surface area contributed by atoms with Crippen molar-refractivity contribution >= 4 is 55.5 Å². The van der Waals surface area contributed by atoms with Crippen molar-refractivity contribution in [1.29, 1.82) is 0 Å². The molecule has 2 saturated heterocycles. The molecule has 7 heteroatoms. The Labute approximate surface area is 185 Å². The van der Waals surface area contributed by atoms with Crippen LogP contribution in [-0.4, -0.2) is 36.2 Å². The van der Waals surface area contributed by atoms with Crippen LogP contribution in [0.4, 0.5) is 0 Å². The molecule has 2 fully saturated rings. The highest BCUT2D eigenvalue weighted by Gasteiger charge is 2.70. The van der Waals surface area contributed by atoms with Crippen LogP contribution in [0.3, 0.4) is 0 Å². The summed E-state index contributed by atoms with van der Waals surface area (Å²) in [6.45, 7) is 3.95. The maximum atomic E-state index is 13.3. The first-order valence-electron chi connectivity index (χ1n) is 8.92. The Balaban J connectivity index is 1.64. The van der Waals surface area contributed by atoms with E-state index in [-0.39, 0.29) is 17.3 Å². The summed E-state index contributed by atoms with van der Waals surface area (Å²) in [4.78, 5) is 27.5. The molecule has 1 amide bonds. The fourth-order valence-corrected chi connectivity index (χ4v) is 6.63. The molecule has 2 aromatic rings. The van der Waals surface area contributed by atoms with Crippen molar-refractivity contribution in [2.75, 3.05) is 0 Å². The molecule has 2 aromatic carbocycles. The molecule has 2 atom stereocenters. The Morgan fingerprint density at radius 1 is 1.04 bits per heavy atom. The molecular weight excluding hydrogens is 506 g/mol. The largest absolute Gasteiger partial charge is 0.451 e. The van der Waals surface area contributed by atoms with Gasteiger partial charge >= 0.3 is 5.97 Å². The van der Waals surface area contributed by atoms with Crippen molar-refractivity contribution in [3.05, 3.63) is 71.8 Å². The van der Waals surface area contributed by atoms with Crippen LogP contribution in [0, 0.1) is 0 Å². The van der Waals surface area contributed by atoms with Crippen molar-refractivity contribution in [2.45, 2.75) is 39.3 Å². The third-order valence-electron chi connectivity index (χ3n) is 5.10. The number of carbonyl (C=O) groups excluding carboxylic acids is 2. The summed E-state index contributed by atoms with van der Waals surface area (Å²) in [7, 11) is 0.